The normalized spacial score (nSPS) is 13.7. The molecule has 0 saturated carbocycles. The number of rotatable bonds is 7. The number of nitrogens with one attached hydrogen (secondary N) is 1. The molecule has 4 nitrogen and oxygen atoms in total. The zero-order valence-corrected chi connectivity index (χ0v) is 12.9. The van der Waals surface area contributed by atoms with Crippen molar-refractivity contribution in [2.45, 2.75) is 51.2 Å². The molecule has 0 aliphatic carbocycles. The van der Waals surface area contributed by atoms with E-state index in [1.807, 2.05) is 0 Å². The molecule has 0 aliphatic rings. The summed E-state index contributed by atoms with van der Waals surface area (Å²) in [5.41, 5.74) is -0.0253. The van der Waals surface area contributed by atoms with E-state index in [1.54, 1.807) is 6.92 Å². The minimum Gasteiger partial charge on any atom is -0.392 e. The average molecular weight is 303 g/mol. The summed E-state index contributed by atoms with van der Waals surface area (Å²) in [5.74, 6) is -0.104. The Labute approximate surface area is 120 Å². The molecule has 1 rings (SSSR count). The summed E-state index contributed by atoms with van der Waals surface area (Å²) in [6.07, 6.45) is 1.67. The van der Waals surface area contributed by atoms with E-state index in [4.69, 9.17) is 5.11 Å². The molecule has 0 radical (unpaired) electrons. The van der Waals surface area contributed by atoms with Crippen LogP contribution in [-0.2, 0) is 16.6 Å². The second kappa shape index (κ2) is 7.15. The highest BCUT2D eigenvalue weighted by molar-refractivity contribution is 7.89. The minimum atomic E-state index is -3.68. The van der Waals surface area contributed by atoms with E-state index in [0.717, 1.165) is 25.0 Å². The van der Waals surface area contributed by atoms with Crippen molar-refractivity contribution in [2.75, 3.05) is 0 Å². The lowest BCUT2D eigenvalue weighted by Crippen LogP contribution is -2.32. The molecule has 0 heterocycles. The molecular weight excluding hydrogens is 281 g/mol. The van der Waals surface area contributed by atoms with E-state index >= 15 is 0 Å². The molecule has 0 saturated heterocycles. The first-order chi connectivity index (χ1) is 9.26. The van der Waals surface area contributed by atoms with Crippen LogP contribution in [0.3, 0.4) is 0 Å². The van der Waals surface area contributed by atoms with E-state index in [2.05, 4.69) is 18.6 Å². The van der Waals surface area contributed by atoms with Gasteiger partial charge in [-0.15, -0.1) is 0 Å². The maximum atomic E-state index is 13.3. The second-order valence-corrected chi connectivity index (χ2v) is 7.12. The third kappa shape index (κ3) is 4.85. The molecule has 0 bridgehead atoms. The Morgan fingerprint density at radius 2 is 1.90 bits per heavy atom. The highest BCUT2D eigenvalue weighted by Gasteiger charge is 2.18. The fraction of sp³-hybridized carbons (Fsp3) is 0.571. The SMILES string of the molecule is CC(C)CCC(C)NS(=O)(=O)c1ccc(F)c(CO)c1. The van der Waals surface area contributed by atoms with Crippen molar-refractivity contribution in [1.29, 1.82) is 0 Å². The Bertz CT molecular complexity index is 543. The molecule has 0 fully saturated rings. The Hall–Kier alpha value is -0.980. The summed E-state index contributed by atoms with van der Waals surface area (Å²) in [6, 6.07) is 3.22. The number of benzene rings is 1. The third-order valence-electron chi connectivity index (χ3n) is 3.03. The predicted octanol–water partition coefficient (Wildman–Crippen LogP) is 2.42. The molecule has 1 atom stereocenters. The van der Waals surface area contributed by atoms with Crippen molar-refractivity contribution < 1.29 is 17.9 Å². The fourth-order valence-corrected chi connectivity index (χ4v) is 3.14. The lowest BCUT2D eigenvalue weighted by molar-refractivity contribution is 0.275. The van der Waals surface area contributed by atoms with Gasteiger partial charge in [-0.3, -0.25) is 0 Å². The van der Waals surface area contributed by atoms with Crippen LogP contribution in [0.25, 0.3) is 0 Å². The molecule has 6 heteroatoms. The zero-order valence-electron chi connectivity index (χ0n) is 12.1. The van der Waals surface area contributed by atoms with Crippen molar-refractivity contribution in [3.8, 4) is 0 Å². The highest BCUT2D eigenvalue weighted by atomic mass is 32.2. The van der Waals surface area contributed by atoms with Crippen molar-refractivity contribution in [2.24, 2.45) is 5.92 Å². The van der Waals surface area contributed by atoms with Gasteiger partial charge in [0.1, 0.15) is 5.82 Å². The van der Waals surface area contributed by atoms with Gasteiger partial charge in [0.2, 0.25) is 10.0 Å². The predicted molar refractivity (Wildman–Crippen MR) is 76.2 cm³/mol. The van der Waals surface area contributed by atoms with Gasteiger partial charge in [-0.05, 0) is 43.9 Å². The van der Waals surface area contributed by atoms with Crippen LogP contribution in [0.5, 0.6) is 0 Å². The number of halogens is 1. The smallest absolute Gasteiger partial charge is 0.240 e. The van der Waals surface area contributed by atoms with Gasteiger partial charge in [0.25, 0.3) is 0 Å². The largest absolute Gasteiger partial charge is 0.392 e. The Balaban J connectivity index is 2.83. The number of hydrogen-bond acceptors (Lipinski definition) is 3. The summed E-state index contributed by atoms with van der Waals surface area (Å²) in [7, 11) is -3.68. The van der Waals surface area contributed by atoms with Crippen LogP contribution in [0.2, 0.25) is 0 Å². The van der Waals surface area contributed by atoms with E-state index in [-0.39, 0.29) is 16.5 Å². The first kappa shape index (κ1) is 17.1. The van der Waals surface area contributed by atoms with Crippen LogP contribution in [0, 0.1) is 11.7 Å². The Morgan fingerprint density at radius 1 is 1.25 bits per heavy atom. The maximum absolute atomic E-state index is 13.3. The quantitative estimate of drug-likeness (QED) is 0.813. The monoisotopic (exact) mass is 303 g/mol. The topological polar surface area (TPSA) is 66.4 Å². The second-order valence-electron chi connectivity index (χ2n) is 5.40. The van der Waals surface area contributed by atoms with E-state index in [9.17, 15) is 12.8 Å². The lowest BCUT2D eigenvalue weighted by atomic mass is 10.1. The third-order valence-corrected chi connectivity index (χ3v) is 4.62. The molecule has 114 valence electrons. The molecule has 2 N–H and O–H groups in total. The van der Waals surface area contributed by atoms with Crippen LogP contribution < -0.4 is 4.72 Å². The molecule has 0 spiro atoms. The number of aliphatic hydroxyl groups is 1. The van der Waals surface area contributed by atoms with Crippen molar-refractivity contribution in [3.63, 3.8) is 0 Å². The lowest BCUT2D eigenvalue weighted by Gasteiger charge is -2.15. The van der Waals surface area contributed by atoms with Crippen molar-refractivity contribution in [1.82, 2.24) is 4.72 Å². The molecule has 1 unspecified atom stereocenters. The van der Waals surface area contributed by atoms with Gasteiger partial charge in [-0.1, -0.05) is 13.8 Å². The summed E-state index contributed by atoms with van der Waals surface area (Å²) in [5, 5.41) is 8.98. The van der Waals surface area contributed by atoms with E-state index in [1.165, 1.54) is 6.07 Å². The summed E-state index contributed by atoms with van der Waals surface area (Å²) in [4.78, 5) is -0.0284. The van der Waals surface area contributed by atoms with Crippen molar-refractivity contribution in [3.05, 3.63) is 29.6 Å². The maximum Gasteiger partial charge on any atom is 0.240 e. The zero-order chi connectivity index (χ0) is 15.3. The van der Waals surface area contributed by atoms with Crippen molar-refractivity contribution >= 4 is 10.0 Å². The van der Waals surface area contributed by atoms with E-state index in [0.29, 0.717) is 5.92 Å². The Morgan fingerprint density at radius 3 is 2.45 bits per heavy atom. The van der Waals surface area contributed by atoms with Crippen LogP contribution in [0.15, 0.2) is 23.1 Å². The summed E-state index contributed by atoms with van der Waals surface area (Å²) < 4.78 is 40.1. The summed E-state index contributed by atoms with van der Waals surface area (Å²) >= 11 is 0. The van der Waals surface area contributed by atoms with Crippen LogP contribution >= 0.6 is 0 Å². The van der Waals surface area contributed by atoms with Gasteiger partial charge in [-0.25, -0.2) is 17.5 Å². The number of aliphatic hydroxyl groups excluding tert-OH is 1. The molecule has 0 amide bonds. The molecule has 20 heavy (non-hydrogen) atoms. The van der Waals surface area contributed by atoms with Gasteiger partial charge in [0, 0.05) is 11.6 Å². The van der Waals surface area contributed by atoms with Gasteiger partial charge in [0.15, 0.2) is 0 Å². The standard InChI is InChI=1S/C14H22FNO3S/c1-10(2)4-5-11(3)16-20(18,19)13-6-7-14(15)12(8-13)9-17/h6-8,10-11,16-17H,4-5,9H2,1-3H3. The molecule has 0 aromatic heterocycles. The van der Waals surface area contributed by atoms with Gasteiger partial charge < -0.3 is 5.11 Å². The number of sulfonamides is 1. The van der Waals surface area contributed by atoms with Crippen LogP contribution in [0.1, 0.15) is 39.2 Å². The fourth-order valence-electron chi connectivity index (χ4n) is 1.81. The highest BCUT2D eigenvalue weighted by Crippen LogP contribution is 2.16. The molecule has 1 aromatic rings. The van der Waals surface area contributed by atoms with Gasteiger partial charge in [-0.2, -0.15) is 0 Å². The van der Waals surface area contributed by atoms with Crippen LogP contribution in [0.4, 0.5) is 4.39 Å². The molecule has 1 aromatic carbocycles. The van der Waals surface area contributed by atoms with Gasteiger partial charge in [0.05, 0.1) is 11.5 Å². The van der Waals surface area contributed by atoms with Crippen LogP contribution in [-0.4, -0.2) is 19.6 Å². The minimum absolute atomic E-state index is 0.0253. The first-order valence-electron chi connectivity index (χ1n) is 6.68. The number of hydrogen-bond donors (Lipinski definition) is 2. The van der Waals surface area contributed by atoms with E-state index < -0.39 is 22.4 Å². The van der Waals surface area contributed by atoms with Gasteiger partial charge >= 0.3 is 0 Å². The summed E-state index contributed by atoms with van der Waals surface area (Å²) in [6.45, 7) is 5.43. The molecular formula is C14H22FNO3S. The average Bonchev–Trinajstić information content (AvgIpc) is 2.36. The first-order valence-corrected chi connectivity index (χ1v) is 8.16. The molecule has 0 aliphatic heterocycles. The Kier molecular flexibility index (Phi) is 6.10.